The Labute approximate surface area is 115 Å². The first kappa shape index (κ1) is 17.7. The van der Waals surface area contributed by atoms with Gasteiger partial charge in [-0.2, -0.15) is 0 Å². The molecule has 0 aromatic rings. The molecule has 1 N–H and O–H groups in total. The number of rotatable bonds is 11. The number of nitrogens with one attached hydrogen (secondary N) is 1. The minimum atomic E-state index is 0.299. The Morgan fingerprint density at radius 3 is 2.17 bits per heavy atom. The number of nitrogens with zero attached hydrogens (tertiary/aromatic N) is 1. The molecule has 18 heavy (non-hydrogen) atoms. The topological polar surface area (TPSA) is 15.3 Å². The van der Waals surface area contributed by atoms with E-state index in [2.05, 4.69) is 51.8 Å². The summed E-state index contributed by atoms with van der Waals surface area (Å²) >= 11 is 0. The maximum absolute atomic E-state index is 3.78. The van der Waals surface area contributed by atoms with Crippen molar-refractivity contribution >= 4 is 0 Å². The largest absolute Gasteiger partial charge is 0.315 e. The molecule has 0 heterocycles. The maximum Gasteiger partial charge on any atom is 0.0351 e. The molecule has 2 heteroatoms. The molecule has 0 rings (SSSR count). The molecular weight excluding hydrogens is 220 g/mol. The predicted octanol–water partition coefficient (Wildman–Crippen LogP) is 3.83. The molecule has 0 aliphatic carbocycles. The first-order valence-electron chi connectivity index (χ1n) is 7.54. The summed E-state index contributed by atoms with van der Waals surface area (Å²) < 4.78 is 0. The highest BCUT2D eigenvalue weighted by Crippen LogP contribution is 2.28. The summed E-state index contributed by atoms with van der Waals surface area (Å²) in [4.78, 5) is 2.41. The highest BCUT2D eigenvalue weighted by atomic mass is 15.2. The predicted molar refractivity (Wildman–Crippen MR) is 83.1 cm³/mol. The second-order valence-electron chi connectivity index (χ2n) is 5.47. The van der Waals surface area contributed by atoms with Crippen LogP contribution in [0.2, 0.25) is 0 Å². The summed E-state index contributed by atoms with van der Waals surface area (Å²) in [6.45, 7) is 8.40. The summed E-state index contributed by atoms with van der Waals surface area (Å²) in [7, 11) is 6.54. The van der Waals surface area contributed by atoms with Crippen molar-refractivity contribution < 1.29 is 0 Å². The van der Waals surface area contributed by atoms with Gasteiger partial charge in [0.25, 0.3) is 0 Å². The third kappa shape index (κ3) is 4.74. The third-order valence-electron chi connectivity index (χ3n) is 4.51. The van der Waals surface area contributed by atoms with Crippen molar-refractivity contribution in [3.63, 3.8) is 0 Å². The fraction of sp³-hybridized carbons (Fsp3) is 0.875. The Kier molecular flexibility index (Phi) is 9.39. The number of hydrogen-bond donors (Lipinski definition) is 1. The van der Waals surface area contributed by atoms with Crippen LogP contribution in [0.4, 0.5) is 0 Å². The van der Waals surface area contributed by atoms with E-state index in [4.69, 9.17) is 0 Å². The lowest BCUT2D eigenvalue weighted by Gasteiger charge is -2.45. The zero-order valence-electron chi connectivity index (χ0n) is 13.3. The van der Waals surface area contributed by atoms with Crippen LogP contribution in [0.3, 0.4) is 0 Å². The molecule has 0 fully saturated rings. The van der Waals surface area contributed by atoms with Crippen molar-refractivity contribution in [1.29, 1.82) is 0 Å². The number of allylic oxidation sites excluding steroid dienone is 1. The quantitative estimate of drug-likeness (QED) is 0.445. The van der Waals surface area contributed by atoms with Crippen LogP contribution < -0.4 is 5.32 Å². The van der Waals surface area contributed by atoms with Crippen LogP contribution in [0, 0.1) is 0 Å². The molecule has 0 bridgehead atoms. The van der Waals surface area contributed by atoms with Crippen LogP contribution in [0.15, 0.2) is 12.7 Å². The van der Waals surface area contributed by atoms with Crippen LogP contribution in [0.5, 0.6) is 0 Å². The Hall–Kier alpha value is -0.340. The monoisotopic (exact) mass is 254 g/mol. The lowest BCUT2D eigenvalue weighted by Crippen LogP contribution is -2.57. The lowest BCUT2D eigenvalue weighted by atomic mass is 9.80. The van der Waals surface area contributed by atoms with Gasteiger partial charge < -0.3 is 10.2 Å². The molecule has 108 valence electrons. The summed E-state index contributed by atoms with van der Waals surface area (Å²) in [5.74, 6) is 0. The normalized spacial score (nSPS) is 13.9. The zero-order chi connectivity index (χ0) is 14.0. The summed E-state index contributed by atoms with van der Waals surface area (Å²) in [6, 6.07) is 0.589. The molecule has 0 saturated carbocycles. The number of hydrogen-bond acceptors (Lipinski definition) is 2. The van der Waals surface area contributed by atoms with Gasteiger partial charge in [0.1, 0.15) is 0 Å². The van der Waals surface area contributed by atoms with Gasteiger partial charge in [-0.1, -0.05) is 32.8 Å². The molecule has 0 aromatic carbocycles. The van der Waals surface area contributed by atoms with E-state index in [0.29, 0.717) is 11.6 Å². The smallest absolute Gasteiger partial charge is 0.0351 e. The van der Waals surface area contributed by atoms with Gasteiger partial charge in [0.05, 0.1) is 0 Å². The van der Waals surface area contributed by atoms with Crippen molar-refractivity contribution in [2.24, 2.45) is 0 Å². The first-order valence-corrected chi connectivity index (χ1v) is 7.54. The van der Waals surface area contributed by atoms with E-state index in [0.717, 1.165) is 6.42 Å². The summed E-state index contributed by atoms with van der Waals surface area (Å²) in [5.41, 5.74) is 0.299. The van der Waals surface area contributed by atoms with Gasteiger partial charge in [0.15, 0.2) is 0 Å². The lowest BCUT2D eigenvalue weighted by molar-refractivity contribution is 0.0864. The second kappa shape index (κ2) is 9.57. The van der Waals surface area contributed by atoms with Crippen molar-refractivity contribution in [2.75, 3.05) is 21.1 Å². The van der Waals surface area contributed by atoms with Gasteiger partial charge >= 0.3 is 0 Å². The van der Waals surface area contributed by atoms with Crippen molar-refractivity contribution in [3.8, 4) is 0 Å². The van der Waals surface area contributed by atoms with E-state index >= 15 is 0 Å². The van der Waals surface area contributed by atoms with Crippen LogP contribution in [0.25, 0.3) is 0 Å². The highest BCUT2D eigenvalue weighted by Gasteiger charge is 2.36. The minimum Gasteiger partial charge on any atom is -0.315 e. The van der Waals surface area contributed by atoms with Crippen molar-refractivity contribution in [2.45, 2.75) is 70.4 Å². The van der Waals surface area contributed by atoms with E-state index in [1.165, 1.54) is 38.5 Å². The molecule has 0 aromatic heterocycles. The van der Waals surface area contributed by atoms with Crippen molar-refractivity contribution in [1.82, 2.24) is 10.2 Å². The molecule has 1 unspecified atom stereocenters. The molecule has 2 nitrogen and oxygen atoms in total. The third-order valence-corrected chi connectivity index (χ3v) is 4.51. The molecule has 0 saturated heterocycles. The van der Waals surface area contributed by atoms with Crippen LogP contribution in [-0.4, -0.2) is 37.6 Å². The van der Waals surface area contributed by atoms with E-state index in [1.807, 2.05) is 6.08 Å². The number of unbranched alkanes of at least 4 members (excludes halogenated alkanes) is 3. The van der Waals surface area contributed by atoms with E-state index in [9.17, 15) is 0 Å². The van der Waals surface area contributed by atoms with Gasteiger partial charge in [-0.25, -0.2) is 0 Å². The first-order chi connectivity index (χ1) is 8.58. The zero-order valence-corrected chi connectivity index (χ0v) is 13.3. The van der Waals surface area contributed by atoms with Crippen LogP contribution in [-0.2, 0) is 0 Å². The second-order valence-corrected chi connectivity index (χ2v) is 5.47. The minimum absolute atomic E-state index is 0.299. The molecule has 0 spiro atoms. The van der Waals surface area contributed by atoms with E-state index in [1.54, 1.807) is 0 Å². The average molecular weight is 254 g/mol. The molecular formula is C16H34N2. The van der Waals surface area contributed by atoms with Crippen LogP contribution in [0.1, 0.15) is 58.8 Å². The maximum atomic E-state index is 3.78. The average Bonchev–Trinajstić information content (AvgIpc) is 2.37. The fourth-order valence-electron chi connectivity index (χ4n) is 3.18. The van der Waals surface area contributed by atoms with E-state index in [-0.39, 0.29) is 0 Å². The Balaban J connectivity index is 4.38. The van der Waals surface area contributed by atoms with E-state index < -0.39 is 0 Å². The molecule has 0 aliphatic rings. The SMILES string of the molecule is C=CCCCCCC(NC)C(CC)(CC)N(C)C. The Morgan fingerprint density at radius 1 is 1.17 bits per heavy atom. The van der Waals surface area contributed by atoms with Crippen molar-refractivity contribution in [3.05, 3.63) is 12.7 Å². The van der Waals surface area contributed by atoms with Gasteiger partial charge in [-0.15, -0.1) is 6.58 Å². The molecule has 0 radical (unpaired) electrons. The van der Waals surface area contributed by atoms with Gasteiger partial charge in [-0.05, 0) is 53.2 Å². The standard InChI is InChI=1S/C16H34N2/c1-7-10-11-12-13-14-15(17-4)16(8-2,9-3)18(5)6/h7,15,17H,1,8-14H2,2-6H3. The Bertz CT molecular complexity index is 207. The highest BCUT2D eigenvalue weighted by molar-refractivity contribution is 4.96. The molecule has 0 amide bonds. The van der Waals surface area contributed by atoms with Gasteiger partial charge in [0, 0.05) is 11.6 Å². The number of likely N-dealkylation sites (N-methyl/N-ethyl adjacent to an activating group) is 2. The fourth-order valence-corrected chi connectivity index (χ4v) is 3.18. The van der Waals surface area contributed by atoms with Gasteiger partial charge in [0.2, 0.25) is 0 Å². The molecule has 0 aliphatic heterocycles. The molecule has 1 atom stereocenters. The van der Waals surface area contributed by atoms with Crippen LogP contribution >= 0.6 is 0 Å². The summed E-state index contributed by atoms with van der Waals surface area (Å²) in [6.07, 6.45) is 10.8. The van der Waals surface area contributed by atoms with Gasteiger partial charge in [-0.3, -0.25) is 0 Å². The Morgan fingerprint density at radius 2 is 1.78 bits per heavy atom. The summed E-state index contributed by atoms with van der Waals surface area (Å²) in [5, 5.41) is 3.56.